The van der Waals surface area contributed by atoms with Crippen molar-refractivity contribution in [2.75, 3.05) is 6.61 Å². The average Bonchev–Trinajstić information content (AvgIpc) is 2.87. The van der Waals surface area contributed by atoms with Gasteiger partial charge in [-0.1, -0.05) is 12.1 Å². The molecule has 0 saturated heterocycles. The number of imidazole rings is 1. The van der Waals surface area contributed by atoms with E-state index in [4.69, 9.17) is 10.5 Å². The molecule has 1 atom stereocenters. The standard InChI is InChI=1S/C14H19N3O/c1-3-17-10-9-16-14(17)13(15)11-5-7-12(8-6-11)18-4-2/h5-10,13H,3-4,15H2,1-2H3. The van der Waals surface area contributed by atoms with E-state index < -0.39 is 0 Å². The zero-order chi connectivity index (χ0) is 13.0. The van der Waals surface area contributed by atoms with E-state index in [1.54, 1.807) is 6.20 Å². The summed E-state index contributed by atoms with van der Waals surface area (Å²) in [6, 6.07) is 7.67. The minimum Gasteiger partial charge on any atom is -0.494 e. The molecule has 0 fully saturated rings. The molecule has 4 nitrogen and oxygen atoms in total. The number of benzene rings is 1. The topological polar surface area (TPSA) is 53.1 Å². The molecular weight excluding hydrogens is 226 g/mol. The van der Waals surface area contributed by atoms with Crippen LogP contribution in [0, 0.1) is 0 Å². The fourth-order valence-electron chi connectivity index (χ4n) is 1.95. The Kier molecular flexibility index (Phi) is 3.99. The van der Waals surface area contributed by atoms with Crippen molar-refractivity contribution >= 4 is 0 Å². The second-order valence-electron chi connectivity index (χ2n) is 4.05. The van der Waals surface area contributed by atoms with Crippen LogP contribution in [0.25, 0.3) is 0 Å². The number of aromatic nitrogens is 2. The SMILES string of the molecule is CCOc1ccc(C(N)c2nccn2CC)cc1. The second kappa shape index (κ2) is 5.69. The molecule has 4 heteroatoms. The highest BCUT2D eigenvalue weighted by Crippen LogP contribution is 2.21. The minimum absolute atomic E-state index is 0.198. The van der Waals surface area contributed by atoms with Crippen LogP contribution in [0.4, 0.5) is 0 Å². The van der Waals surface area contributed by atoms with Crippen LogP contribution < -0.4 is 10.5 Å². The van der Waals surface area contributed by atoms with Crippen molar-refractivity contribution in [1.29, 1.82) is 0 Å². The molecule has 0 radical (unpaired) electrons. The van der Waals surface area contributed by atoms with Gasteiger partial charge < -0.3 is 15.0 Å². The van der Waals surface area contributed by atoms with E-state index >= 15 is 0 Å². The van der Waals surface area contributed by atoms with Crippen LogP contribution in [-0.2, 0) is 6.54 Å². The van der Waals surface area contributed by atoms with Gasteiger partial charge >= 0.3 is 0 Å². The van der Waals surface area contributed by atoms with Crippen LogP contribution >= 0.6 is 0 Å². The van der Waals surface area contributed by atoms with Crippen LogP contribution in [0.5, 0.6) is 5.75 Å². The molecule has 2 N–H and O–H groups in total. The molecule has 1 heterocycles. The Morgan fingerprint density at radius 1 is 1.28 bits per heavy atom. The zero-order valence-corrected chi connectivity index (χ0v) is 10.8. The van der Waals surface area contributed by atoms with E-state index in [-0.39, 0.29) is 6.04 Å². The lowest BCUT2D eigenvalue weighted by Gasteiger charge is -2.14. The van der Waals surface area contributed by atoms with Crippen molar-refractivity contribution in [3.8, 4) is 5.75 Å². The Hall–Kier alpha value is -1.81. The first-order chi connectivity index (χ1) is 8.76. The third-order valence-corrected chi connectivity index (χ3v) is 2.92. The fourth-order valence-corrected chi connectivity index (χ4v) is 1.95. The van der Waals surface area contributed by atoms with E-state index in [9.17, 15) is 0 Å². The van der Waals surface area contributed by atoms with Crippen LogP contribution in [0.3, 0.4) is 0 Å². The first-order valence-corrected chi connectivity index (χ1v) is 6.25. The molecule has 0 bridgehead atoms. The Morgan fingerprint density at radius 2 is 2.00 bits per heavy atom. The van der Waals surface area contributed by atoms with Crippen LogP contribution in [-0.4, -0.2) is 16.2 Å². The van der Waals surface area contributed by atoms with Crippen molar-refractivity contribution in [1.82, 2.24) is 9.55 Å². The smallest absolute Gasteiger partial charge is 0.130 e. The number of hydrogen-bond donors (Lipinski definition) is 1. The van der Waals surface area contributed by atoms with Gasteiger partial charge in [0.05, 0.1) is 12.6 Å². The lowest BCUT2D eigenvalue weighted by atomic mass is 10.1. The maximum Gasteiger partial charge on any atom is 0.130 e. The van der Waals surface area contributed by atoms with E-state index in [2.05, 4.69) is 16.5 Å². The molecule has 0 aliphatic carbocycles. The van der Waals surface area contributed by atoms with Gasteiger partial charge in [-0.2, -0.15) is 0 Å². The Morgan fingerprint density at radius 3 is 2.61 bits per heavy atom. The molecule has 96 valence electrons. The van der Waals surface area contributed by atoms with Gasteiger partial charge in [-0.05, 0) is 31.5 Å². The van der Waals surface area contributed by atoms with Crippen molar-refractivity contribution in [2.45, 2.75) is 26.4 Å². The Balaban J connectivity index is 2.20. The number of nitrogens with two attached hydrogens (primary N) is 1. The molecule has 2 rings (SSSR count). The van der Waals surface area contributed by atoms with Crippen molar-refractivity contribution in [3.05, 3.63) is 48.0 Å². The van der Waals surface area contributed by atoms with Gasteiger partial charge in [0, 0.05) is 18.9 Å². The van der Waals surface area contributed by atoms with Gasteiger partial charge in [0.2, 0.25) is 0 Å². The average molecular weight is 245 g/mol. The highest BCUT2D eigenvalue weighted by atomic mass is 16.5. The number of rotatable bonds is 5. The summed E-state index contributed by atoms with van der Waals surface area (Å²) in [5, 5.41) is 0. The summed E-state index contributed by atoms with van der Waals surface area (Å²) < 4.78 is 7.47. The van der Waals surface area contributed by atoms with Gasteiger partial charge in [-0.15, -0.1) is 0 Å². The maximum absolute atomic E-state index is 6.24. The number of nitrogens with zero attached hydrogens (tertiary/aromatic N) is 2. The maximum atomic E-state index is 6.24. The molecule has 0 aliphatic rings. The quantitative estimate of drug-likeness (QED) is 0.879. The molecule has 0 amide bonds. The molecule has 18 heavy (non-hydrogen) atoms. The summed E-state index contributed by atoms with van der Waals surface area (Å²) in [5.41, 5.74) is 7.28. The monoisotopic (exact) mass is 245 g/mol. The lowest BCUT2D eigenvalue weighted by Crippen LogP contribution is -2.17. The second-order valence-corrected chi connectivity index (χ2v) is 4.05. The summed E-state index contributed by atoms with van der Waals surface area (Å²) in [6.07, 6.45) is 3.73. The molecule has 1 aromatic carbocycles. The summed E-state index contributed by atoms with van der Waals surface area (Å²) in [6.45, 7) is 5.60. The van der Waals surface area contributed by atoms with Crippen LogP contribution in [0.1, 0.15) is 31.3 Å². The highest BCUT2D eigenvalue weighted by Gasteiger charge is 2.13. The lowest BCUT2D eigenvalue weighted by molar-refractivity contribution is 0.340. The zero-order valence-electron chi connectivity index (χ0n) is 10.8. The molecular formula is C14H19N3O. The normalized spacial score (nSPS) is 12.4. The van der Waals surface area contributed by atoms with Gasteiger partial charge in [0.15, 0.2) is 0 Å². The highest BCUT2D eigenvalue weighted by molar-refractivity contribution is 5.31. The Bertz CT molecular complexity index is 490. The molecule has 2 aromatic rings. The van der Waals surface area contributed by atoms with Crippen molar-refractivity contribution in [3.63, 3.8) is 0 Å². The first kappa shape index (κ1) is 12.6. The van der Waals surface area contributed by atoms with Gasteiger partial charge in [-0.25, -0.2) is 4.98 Å². The molecule has 1 aromatic heterocycles. The Labute approximate surface area is 107 Å². The van der Waals surface area contributed by atoms with Crippen LogP contribution in [0.15, 0.2) is 36.7 Å². The molecule has 0 aliphatic heterocycles. The van der Waals surface area contributed by atoms with Gasteiger partial charge in [0.1, 0.15) is 11.6 Å². The van der Waals surface area contributed by atoms with Gasteiger partial charge in [-0.3, -0.25) is 0 Å². The van der Waals surface area contributed by atoms with Crippen molar-refractivity contribution in [2.24, 2.45) is 5.73 Å². The molecule has 1 unspecified atom stereocenters. The van der Waals surface area contributed by atoms with Crippen molar-refractivity contribution < 1.29 is 4.74 Å². The summed E-state index contributed by atoms with van der Waals surface area (Å²) in [4.78, 5) is 4.33. The summed E-state index contributed by atoms with van der Waals surface area (Å²) >= 11 is 0. The minimum atomic E-state index is -0.198. The van der Waals surface area contributed by atoms with E-state index in [0.29, 0.717) is 6.61 Å². The molecule has 0 saturated carbocycles. The van der Waals surface area contributed by atoms with E-state index in [1.165, 1.54) is 0 Å². The third-order valence-electron chi connectivity index (χ3n) is 2.92. The number of hydrogen-bond acceptors (Lipinski definition) is 3. The molecule has 0 spiro atoms. The summed E-state index contributed by atoms with van der Waals surface area (Å²) in [5.74, 6) is 1.76. The third kappa shape index (κ3) is 2.54. The largest absolute Gasteiger partial charge is 0.494 e. The fraction of sp³-hybridized carbons (Fsp3) is 0.357. The summed E-state index contributed by atoms with van der Waals surface area (Å²) in [7, 11) is 0. The van der Waals surface area contributed by atoms with E-state index in [1.807, 2.05) is 37.4 Å². The number of aryl methyl sites for hydroxylation is 1. The predicted molar refractivity (Wildman–Crippen MR) is 71.5 cm³/mol. The predicted octanol–water partition coefficient (Wildman–Crippen LogP) is 2.35. The van der Waals surface area contributed by atoms with E-state index in [0.717, 1.165) is 23.7 Å². The first-order valence-electron chi connectivity index (χ1n) is 6.25. The van der Waals surface area contributed by atoms with Gasteiger partial charge in [0.25, 0.3) is 0 Å². The number of ether oxygens (including phenoxy) is 1. The van der Waals surface area contributed by atoms with Crippen LogP contribution in [0.2, 0.25) is 0 Å².